The van der Waals surface area contributed by atoms with Gasteiger partial charge in [0.15, 0.2) is 0 Å². The van der Waals surface area contributed by atoms with E-state index in [2.05, 4.69) is 66.2 Å². The van der Waals surface area contributed by atoms with E-state index in [1.165, 1.54) is 23.8 Å². The molecule has 0 spiro atoms. The summed E-state index contributed by atoms with van der Waals surface area (Å²) in [7, 11) is 1.40. The molecule has 3 fully saturated rings. The van der Waals surface area contributed by atoms with E-state index in [4.69, 9.17) is 4.74 Å². The summed E-state index contributed by atoms with van der Waals surface area (Å²) >= 11 is 0. The van der Waals surface area contributed by atoms with Crippen molar-refractivity contribution in [3.63, 3.8) is 0 Å². The third-order valence-electron chi connectivity index (χ3n) is 11.2. The molecule has 6 rings (SSSR count). The monoisotopic (exact) mass is 675 g/mol. The molecule has 268 valence electrons. The molecule has 4 aliphatic rings. The Bertz CT molecular complexity index is 1410. The van der Waals surface area contributed by atoms with Gasteiger partial charge in [-0.05, 0) is 81.9 Å². The second-order valence-corrected chi connectivity index (χ2v) is 14.5. The van der Waals surface area contributed by atoms with Gasteiger partial charge in [0.1, 0.15) is 0 Å². The van der Waals surface area contributed by atoms with Crippen LogP contribution in [0, 0.1) is 12.8 Å². The van der Waals surface area contributed by atoms with E-state index in [-0.39, 0.29) is 24.1 Å². The predicted octanol–water partition coefficient (Wildman–Crippen LogP) is 5.71. The van der Waals surface area contributed by atoms with Crippen LogP contribution < -0.4 is 5.32 Å². The zero-order chi connectivity index (χ0) is 35.0. The minimum Gasteiger partial charge on any atom is -0.453 e. The Hall–Kier alpha value is -3.63. The molecular formula is C39H57N5O5. The summed E-state index contributed by atoms with van der Waals surface area (Å²) < 4.78 is 4.75. The third kappa shape index (κ3) is 9.54. The molecule has 0 unspecified atom stereocenters. The minimum atomic E-state index is -0.446. The number of aryl methyl sites for hydroxylation is 1. The van der Waals surface area contributed by atoms with Gasteiger partial charge >= 0.3 is 12.1 Å². The number of likely N-dealkylation sites (tertiary alicyclic amines) is 3. The Kier molecular flexibility index (Phi) is 12.6. The molecule has 10 nitrogen and oxygen atoms in total. The molecule has 49 heavy (non-hydrogen) atoms. The fourth-order valence-electron chi connectivity index (χ4n) is 7.93. The number of urea groups is 1. The largest absolute Gasteiger partial charge is 0.453 e. The van der Waals surface area contributed by atoms with Gasteiger partial charge < -0.3 is 34.8 Å². The quantitative estimate of drug-likeness (QED) is 0.407. The number of hydrogen-bond donors (Lipinski definition) is 2. The highest BCUT2D eigenvalue weighted by molar-refractivity contribution is 5.91. The number of nitrogens with zero attached hydrogens (tertiary/aromatic N) is 4. The molecule has 2 aromatic carbocycles. The average molecular weight is 676 g/mol. The molecule has 1 atom stereocenters. The van der Waals surface area contributed by atoms with Crippen LogP contribution in [-0.4, -0.2) is 113 Å². The fraction of sp³-hybridized carbons (Fsp3) is 0.615. The number of aliphatic hydroxyl groups is 1. The number of carbonyl (C=O) groups excluding carboxylic acids is 3. The average Bonchev–Trinajstić information content (AvgIpc) is 3.29. The molecule has 3 saturated heterocycles. The Morgan fingerprint density at radius 3 is 2.22 bits per heavy atom. The molecule has 4 amide bonds. The van der Waals surface area contributed by atoms with Crippen LogP contribution in [0.4, 0.5) is 15.3 Å². The van der Waals surface area contributed by atoms with Crippen molar-refractivity contribution in [1.82, 2.24) is 19.6 Å². The van der Waals surface area contributed by atoms with Crippen molar-refractivity contribution in [3.05, 3.63) is 65.2 Å². The van der Waals surface area contributed by atoms with Crippen LogP contribution >= 0.6 is 0 Å². The Labute approximate surface area is 292 Å². The van der Waals surface area contributed by atoms with Crippen molar-refractivity contribution >= 4 is 23.7 Å². The number of amides is 4. The summed E-state index contributed by atoms with van der Waals surface area (Å²) in [5.41, 5.74) is 4.14. The van der Waals surface area contributed by atoms with Crippen LogP contribution in [0.2, 0.25) is 0 Å². The van der Waals surface area contributed by atoms with E-state index in [1.807, 2.05) is 23.1 Å². The second kappa shape index (κ2) is 16.9. The number of rotatable bonds is 6. The maximum Gasteiger partial charge on any atom is 0.409 e. The van der Waals surface area contributed by atoms with Gasteiger partial charge in [-0.1, -0.05) is 61.9 Å². The standard InChI is InChI=1S/C23H36N2O2.C16H21N3O3/c1-4-23(27)10-14-24(15-11-23)21-8-12-25(13-9-21)22(26)19(3)17-20-7-5-6-18(2)16-20;1-22-16(21)18-9-7-13(8-10-18)19-11-6-12-4-2-3-5-14(12)17-15(19)20/h5-7,16,19,21,27H,4,8-15,17H2,1-3H3;2-5,13H,6-11H2,1H3,(H,17,20)/t19-;/m1./s1. The molecule has 10 heteroatoms. The van der Waals surface area contributed by atoms with E-state index in [0.717, 1.165) is 89.7 Å². The fourth-order valence-corrected chi connectivity index (χ4v) is 7.93. The van der Waals surface area contributed by atoms with Crippen molar-refractivity contribution in [2.24, 2.45) is 5.92 Å². The molecule has 2 aromatic rings. The Morgan fingerprint density at radius 2 is 1.57 bits per heavy atom. The van der Waals surface area contributed by atoms with Gasteiger partial charge in [0, 0.05) is 69.5 Å². The molecule has 2 N–H and O–H groups in total. The van der Waals surface area contributed by atoms with Gasteiger partial charge in [0.2, 0.25) is 5.91 Å². The van der Waals surface area contributed by atoms with Crippen LogP contribution in [0.1, 0.15) is 75.5 Å². The molecule has 0 aromatic heterocycles. The van der Waals surface area contributed by atoms with Crippen LogP contribution in [0.5, 0.6) is 0 Å². The van der Waals surface area contributed by atoms with Crippen molar-refractivity contribution in [1.29, 1.82) is 0 Å². The first-order valence-corrected chi connectivity index (χ1v) is 18.4. The van der Waals surface area contributed by atoms with E-state index in [1.54, 1.807) is 4.90 Å². The number of para-hydroxylation sites is 1. The highest BCUT2D eigenvalue weighted by Gasteiger charge is 2.35. The molecular weight excluding hydrogens is 618 g/mol. The smallest absolute Gasteiger partial charge is 0.409 e. The molecule has 0 aliphatic carbocycles. The number of carbonyl (C=O) groups is 3. The first-order chi connectivity index (χ1) is 23.6. The van der Waals surface area contributed by atoms with Crippen molar-refractivity contribution < 1.29 is 24.2 Å². The lowest BCUT2D eigenvalue weighted by molar-refractivity contribution is -0.136. The van der Waals surface area contributed by atoms with E-state index >= 15 is 0 Å². The topological polar surface area (TPSA) is 106 Å². The summed E-state index contributed by atoms with van der Waals surface area (Å²) in [6, 6.07) is 17.1. The van der Waals surface area contributed by atoms with Crippen LogP contribution in [0.25, 0.3) is 0 Å². The number of methoxy groups -OCH3 is 1. The van der Waals surface area contributed by atoms with Crippen molar-refractivity contribution in [3.8, 4) is 0 Å². The van der Waals surface area contributed by atoms with Gasteiger partial charge in [-0.25, -0.2) is 9.59 Å². The number of anilines is 1. The van der Waals surface area contributed by atoms with E-state index in [0.29, 0.717) is 31.6 Å². The number of benzene rings is 2. The number of hydrogen-bond acceptors (Lipinski definition) is 6. The molecule has 0 radical (unpaired) electrons. The third-order valence-corrected chi connectivity index (χ3v) is 11.2. The maximum atomic E-state index is 12.9. The van der Waals surface area contributed by atoms with Crippen LogP contribution in [-0.2, 0) is 22.4 Å². The minimum absolute atomic E-state index is 0.0397. The molecule has 0 saturated carbocycles. The van der Waals surface area contributed by atoms with Crippen molar-refractivity contribution in [2.75, 3.05) is 58.2 Å². The summed E-state index contributed by atoms with van der Waals surface area (Å²) in [5, 5.41) is 13.4. The van der Waals surface area contributed by atoms with Crippen LogP contribution in [0.15, 0.2) is 48.5 Å². The van der Waals surface area contributed by atoms with E-state index < -0.39 is 5.60 Å². The highest BCUT2D eigenvalue weighted by atomic mass is 16.5. The SMILES string of the molecule is CCC1(O)CCN(C2CCN(C(=O)[C@H](C)Cc3cccc(C)c3)CC2)CC1.COC(=O)N1CCC(N2CCc3ccccc3NC2=O)CC1. The second-order valence-electron chi connectivity index (χ2n) is 14.5. The normalized spacial score (nSPS) is 21.1. The maximum absolute atomic E-state index is 12.9. The van der Waals surface area contributed by atoms with Gasteiger partial charge in [-0.15, -0.1) is 0 Å². The first kappa shape index (κ1) is 36.6. The predicted molar refractivity (Wildman–Crippen MR) is 193 cm³/mol. The number of fused-ring (bicyclic) bond motifs is 1. The number of piperidine rings is 3. The zero-order valence-corrected chi connectivity index (χ0v) is 30.0. The first-order valence-electron chi connectivity index (χ1n) is 18.4. The highest BCUT2D eigenvalue weighted by Crippen LogP contribution is 2.29. The summed E-state index contributed by atoms with van der Waals surface area (Å²) in [5.74, 6) is 0.340. The van der Waals surface area contributed by atoms with Crippen LogP contribution in [0.3, 0.4) is 0 Å². The van der Waals surface area contributed by atoms with Gasteiger partial charge in [-0.2, -0.15) is 0 Å². The number of ether oxygens (including phenoxy) is 1. The molecule has 4 aliphatic heterocycles. The molecule has 4 heterocycles. The Balaban J connectivity index is 0.000000195. The van der Waals surface area contributed by atoms with Gasteiger partial charge in [-0.3, -0.25) is 4.79 Å². The van der Waals surface area contributed by atoms with Crippen molar-refractivity contribution in [2.45, 2.75) is 96.2 Å². The lowest BCUT2D eigenvalue weighted by atomic mass is 9.87. The lowest BCUT2D eigenvalue weighted by Gasteiger charge is -2.44. The summed E-state index contributed by atoms with van der Waals surface area (Å²) in [4.78, 5) is 45.1. The lowest BCUT2D eigenvalue weighted by Crippen LogP contribution is -2.52. The zero-order valence-electron chi connectivity index (χ0n) is 30.0. The summed E-state index contributed by atoms with van der Waals surface area (Å²) in [6.45, 7) is 12.0. The molecule has 0 bridgehead atoms. The Morgan fingerprint density at radius 1 is 0.918 bits per heavy atom. The van der Waals surface area contributed by atoms with Gasteiger partial charge in [0.25, 0.3) is 0 Å². The number of nitrogens with one attached hydrogen (secondary N) is 1. The van der Waals surface area contributed by atoms with Gasteiger partial charge in [0.05, 0.1) is 12.7 Å². The summed E-state index contributed by atoms with van der Waals surface area (Å²) in [6.07, 6.45) is 7.72. The van der Waals surface area contributed by atoms with E-state index in [9.17, 15) is 19.5 Å².